The molecule has 132 valence electrons. The Balaban J connectivity index is 1.71. The van der Waals surface area contributed by atoms with E-state index >= 15 is 0 Å². The number of sulfone groups is 1. The molecule has 8 heteroatoms. The van der Waals surface area contributed by atoms with Gasteiger partial charge >= 0.3 is 0 Å². The van der Waals surface area contributed by atoms with Crippen LogP contribution in [0.1, 0.15) is 43.1 Å². The van der Waals surface area contributed by atoms with E-state index in [0.717, 1.165) is 31.7 Å². The van der Waals surface area contributed by atoms with Crippen LogP contribution in [0.4, 0.5) is 5.82 Å². The van der Waals surface area contributed by atoms with Crippen molar-refractivity contribution < 1.29 is 13.2 Å². The van der Waals surface area contributed by atoms with Crippen LogP contribution in [-0.2, 0) is 9.84 Å². The molecule has 3 heterocycles. The molecule has 3 rings (SSSR count). The molecule has 0 N–H and O–H groups in total. The maximum atomic E-state index is 12.7. The summed E-state index contributed by atoms with van der Waals surface area (Å²) in [7, 11) is -3.02. The molecule has 0 radical (unpaired) electrons. The number of piperidine rings is 1. The van der Waals surface area contributed by atoms with Crippen molar-refractivity contribution in [2.24, 2.45) is 0 Å². The molecular weight excluding hydrogens is 328 g/mol. The Morgan fingerprint density at radius 3 is 2.54 bits per heavy atom. The Kier molecular flexibility index (Phi) is 5.03. The highest BCUT2D eigenvalue weighted by Gasteiger charge is 2.34. The topological polar surface area (TPSA) is 83.5 Å². The molecule has 1 aromatic heterocycles. The Hall–Kier alpha value is -1.70. The van der Waals surface area contributed by atoms with Crippen molar-refractivity contribution in [2.45, 2.75) is 38.6 Å². The zero-order valence-electron chi connectivity index (χ0n) is 14.0. The van der Waals surface area contributed by atoms with Gasteiger partial charge in [0.2, 0.25) is 0 Å². The fourth-order valence-corrected chi connectivity index (χ4v) is 5.20. The van der Waals surface area contributed by atoms with E-state index in [1.807, 2.05) is 13.0 Å². The molecule has 2 aliphatic rings. The lowest BCUT2D eigenvalue weighted by Crippen LogP contribution is -2.41. The third kappa shape index (κ3) is 3.68. The van der Waals surface area contributed by atoms with Crippen molar-refractivity contribution in [1.29, 1.82) is 0 Å². The van der Waals surface area contributed by atoms with Crippen LogP contribution in [0.2, 0.25) is 0 Å². The highest BCUT2D eigenvalue weighted by molar-refractivity contribution is 7.91. The summed E-state index contributed by atoms with van der Waals surface area (Å²) in [5.41, 5.74) is 0.280. The molecule has 1 aromatic rings. The monoisotopic (exact) mass is 352 g/mol. The largest absolute Gasteiger partial charge is 0.355 e. The maximum Gasteiger partial charge on any atom is 0.274 e. The van der Waals surface area contributed by atoms with Gasteiger partial charge in [0.15, 0.2) is 21.3 Å². The fourth-order valence-electron chi connectivity index (χ4n) is 3.47. The summed E-state index contributed by atoms with van der Waals surface area (Å²) in [5.74, 6) is 0.766. The molecule has 1 amide bonds. The van der Waals surface area contributed by atoms with E-state index in [9.17, 15) is 13.2 Å². The highest BCUT2D eigenvalue weighted by Crippen LogP contribution is 2.20. The molecular formula is C16H24N4O3S. The van der Waals surface area contributed by atoms with Gasteiger partial charge in [-0.05, 0) is 44.7 Å². The SMILES string of the molecule is CCN(C(=O)c1ccc(N2CCCCC2)nn1)C1CCS(=O)(=O)C1. The Morgan fingerprint density at radius 2 is 2.00 bits per heavy atom. The van der Waals surface area contributed by atoms with Gasteiger partial charge in [-0.25, -0.2) is 8.42 Å². The summed E-state index contributed by atoms with van der Waals surface area (Å²) >= 11 is 0. The molecule has 1 atom stereocenters. The molecule has 2 aliphatic heterocycles. The number of anilines is 1. The summed E-state index contributed by atoms with van der Waals surface area (Å²) in [6.45, 7) is 4.28. The minimum Gasteiger partial charge on any atom is -0.355 e. The van der Waals surface area contributed by atoms with Gasteiger partial charge in [0.1, 0.15) is 0 Å². The predicted molar refractivity (Wildman–Crippen MR) is 91.9 cm³/mol. The Morgan fingerprint density at radius 1 is 1.25 bits per heavy atom. The average Bonchev–Trinajstić information content (AvgIpc) is 2.96. The minimum atomic E-state index is -3.02. The Bertz CT molecular complexity index is 684. The number of amides is 1. The minimum absolute atomic E-state index is 0.0475. The van der Waals surface area contributed by atoms with Crippen molar-refractivity contribution in [3.63, 3.8) is 0 Å². The summed E-state index contributed by atoms with van der Waals surface area (Å²) in [6, 6.07) is 3.28. The average molecular weight is 352 g/mol. The van der Waals surface area contributed by atoms with Crippen molar-refractivity contribution in [3.8, 4) is 0 Å². The van der Waals surface area contributed by atoms with E-state index in [1.54, 1.807) is 11.0 Å². The first-order valence-electron chi connectivity index (χ1n) is 8.60. The van der Waals surface area contributed by atoms with Gasteiger partial charge in [-0.3, -0.25) is 4.79 Å². The van der Waals surface area contributed by atoms with E-state index in [-0.39, 0.29) is 29.1 Å². The standard InChI is InChI=1S/C16H24N4O3S/c1-2-20(13-8-11-24(22,23)12-13)16(21)14-6-7-15(18-17-14)19-9-4-3-5-10-19/h6-7,13H,2-5,8-12H2,1H3. The molecule has 7 nitrogen and oxygen atoms in total. The van der Waals surface area contributed by atoms with Crippen LogP contribution in [0.5, 0.6) is 0 Å². The number of hydrogen-bond acceptors (Lipinski definition) is 6. The molecule has 0 spiro atoms. The molecule has 2 saturated heterocycles. The first-order valence-corrected chi connectivity index (χ1v) is 10.4. The van der Waals surface area contributed by atoms with Crippen LogP contribution in [0.25, 0.3) is 0 Å². The summed E-state index contributed by atoms with van der Waals surface area (Å²) < 4.78 is 23.3. The molecule has 0 saturated carbocycles. The zero-order chi connectivity index (χ0) is 17.2. The van der Waals surface area contributed by atoms with Crippen molar-refractivity contribution >= 4 is 21.6 Å². The van der Waals surface area contributed by atoms with E-state index < -0.39 is 9.84 Å². The van der Waals surface area contributed by atoms with Crippen LogP contribution in [-0.4, -0.2) is 66.6 Å². The lowest BCUT2D eigenvalue weighted by Gasteiger charge is -2.28. The van der Waals surface area contributed by atoms with E-state index in [1.165, 1.54) is 6.42 Å². The van der Waals surface area contributed by atoms with Gasteiger partial charge in [0, 0.05) is 25.7 Å². The van der Waals surface area contributed by atoms with Crippen LogP contribution in [0.3, 0.4) is 0 Å². The second-order valence-electron chi connectivity index (χ2n) is 6.47. The van der Waals surface area contributed by atoms with Crippen molar-refractivity contribution in [2.75, 3.05) is 36.0 Å². The molecule has 0 aromatic carbocycles. The first-order chi connectivity index (χ1) is 11.5. The van der Waals surface area contributed by atoms with Gasteiger partial charge in [0.05, 0.1) is 11.5 Å². The Labute approximate surface area is 143 Å². The third-order valence-electron chi connectivity index (χ3n) is 4.80. The summed E-state index contributed by atoms with van der Waals surface area (Å²) in [4.78, 5) is 16.5. The van der Waals surface area contributed by atoms with E-state index in [2.05, 4.69) is 15.1 Å². The number of nitrogens with zero attached hydrogens (tertiary/aromatic N) is 4. The van der Waals surface area contributed by atoms with Crippen molar-refractivity contribution in [3.05, 3.63) is 17.8 Å². The van der Waals surface area contributed by atoms with Crippen LogP contribution < -0.4 is 4.90 Å². The molecule has 0 bridgehead atoms. The second kappa shape index (κ2) is 7.04. The highest BCUT2D eigenvalue weighted by atomic mass is 32.2. The molecule has 1 unspecified atom stereocenters. The normalized spacial score (nSPS) is 23.2. The number of aromatic nitrogens is 2. The number of carbonyl (C=O) groups excluding carboxylic acids is 1. The van der Waals surface area contributed by atoms with Crippen molar-refractivity contribution in [1.82, 2.24) is 15.1 Å². The fraction of sp³-hybridized carbons (Fsp3) is 0.688. The quantitative estimate of drug-likeness (QED) is 0.807. The number of carbonyl (C=O) groups is 1. The lowest BCUT2D eigenvalue weighted by atomic mass is 10.1. The van der Waals surface area contributed by atoms with Crippen LogP contribution in [0.15, 0.2) is 12.1 Å². The van der Waals surface area contributed by atoms with Gasteiger partial charge < -0.3 is 9.80 Å². The molecule has 2 fully saturated rings. The van der Waals surface area contributed by atoms with Crippen LogP contribution in [0, 0.1) is 0 Å². The first kappa shape index (κ1) is 17.1. The van der Waals surface area contributed by atoms with Gasteiger partial charge in [-0.1, -0.05) is 0 Å². The van der Waals surface area contributed by atoms with Gasteiger partial charge in [0.25, 0.3) is 5.91 Å². The van der Waals surface area contributed by atoms with E-state index in [4.69, 9.17) is 0 Å². The molecule has 0 aliphatic carbocycles. The lowest BCUT2D eigenvalue weighted by molar-refractivity contribution is 0.0701. The van der Waals surface area contributed by atoms with Crippen LogP contribution >= 0.6 is 0 Å². The van der Waals surface area contributed by atoms with Gasteiger partial charge in [-0.15, -0.1) is 10.2 Å². The number of rotatable bonds is 4. The molecule has 24 heavy (non-hydrogen) atoms. The van der Waals surface area contributed by atoms with E-state index in [0.29, 0.717) is 13.0 Å². The number of hydrogen-bond donors (Lipinski definition) is 0. The summed E-state index contributed by atoms with van der Waals surface area (Å²) in [6.07, 6.45) is 4.06. The van der Waals surface area contributed by atoms with Gasteiger partial charge in [-0.2, -0.15) is 0 Å². The summed E-state index contributed by atoms with van der Waals surface area (Å²) in [5, 5.41) is 8.30. The third-order valence-corrected chi connectivity index (χ3v) is 6.55. The smallest absolute Gasteiger partial charge is 0.274 e. The predicted octanol–water partition coefficient (Wildman–Crippen LogP) is 1.12. The maximum absolute atomic E-state index is 12.7. The zero-order valence-corrected chi connectivity index (χ0v) is 14.8. The second-order valence-corrected chi connectivity index (χ2v) is 8.70.